The molecular weight excluding hydrogens is 244 g/mol. The highest BCUT2D eigenvalue weighted by Gasteiger charge is 2.29. The topological polar surface area (TPSA) is 107 Å². The van der Waals surface area contributed by atoms with Gasteiger partial charge in [0.25, 0.3) is 0 Å². The van der Waals surface area contributed by atoms with E-state index in [1.165, 1.54) is 0 Å². The molecule has 7 heteroatoms. The zero-order valence-corrected chi connectivity index (χ0v) is 11.0. The normalized spacial score (nSPS) is 15.2. The Balaban J connectivity index is 4.88. The molecule has 2 atom stereocenters. The third-order valence-corrected chi connectivity index (χ3v) is 4.22. The minimum Gasteiger partial charge on any atom is -0.481 e. The van der Waals surface area contributed by atoms with E-state index in [0.717, 1.165) is 0 Å². The van der Waals surface area contributed by atoms with Gasteiger partial charge in [-0.3, -0.25) is 4.79 Å². The van der Waals surface area contributed by atoms with Crippen molar-refractivity contribution >= 4 is 16.0 Å². The zero-order chi connectivity index (χ0) is 13.6. The Morgan fingerprint density at radius 2 is 2.00 bits per heavy atom. The first kappa shape index (κ1) is 15.9. The molecule has 0 aromatic rings. The second kappa shape index (κ2) is 6.57. The van der Waals surface area contributed by atoms with Crippen molar-refractivity contribution in [3.63, 3.8) is 0 Å². The first-order valence-corrected chi connectivity index (χ1v) is 6.91. The highest BCUT2D eigenvalue weighted by atomic mass is 32.2. The summed E-state index contributed by atoms with van der Waals surface area (Å²) in [6.07, 6.45) is -0.123. The van der Waals surface area contributed by atoms with Crippen LogP contribution in [-0.2, 0) is 14.8 Å². The van der Waals surface area contributed by atoms with Gasteiger partial charge in [-0.05, 0) is 12.3 Å². The minimum atomic E-state index is -3.79. The fourth-order valence-corrected chi connectivity index (χ4v) is 2.79. The van der Waals surface area contributed by atoms with Crippen LogP contribution in [0.4, 0.5) is 0 Å². The van der Waals surface area contributed by atoms with Crippen molar-refractivity contribution in [2.75, 3.05) is 0 Å². The van der Waals surface area contributed by atoms with Crippen LogP contribution in [0.15, 0.2) is 0 Å². The number of aliphatic carboxylic acids is 1. The fourth-order valence-electron chi connectivity index (χ4n) is 1.27. The molecule has 0 aliphatic heterocycles. The van der Waals surface area contributed by atoms with Gasteiger partial charge in [0, 0.05) is 6.04 Å². The Labute approximate surface area is 102 Å². The van der Waals surface area contributed by atoms with Crippen LogP contribution in [0.3, 0.4) is 0 Å². The van der Waals surface area contributed by atoms with E-state index in [9.17, 15) is 13.2 Å². The van der Waals surface area contributed by atoms with E-state index in [2.05, 4.69) is 4.72 Å². The predicted octanol–water partition coefficient (Wildman–Crippen LogP) is 0.707. The van der Waals surface area contributed by atoms with E-state index in [-0.39, 0.29) is 18.8 Å². The van der Waals surface area contributed by atoms with Crippen LogP contribution in [0.1, 0.15) is 33.6 Å². The molecule has 98 valence electrons. The summed E-state index contributed by atoms with van der Waals surface area (Å²) in [6, 6.07) is 0.997. The summed E-state index contributed by atoms with van der Waals surface area (Å²) in [5.41, 5.74) is 0. The van der Waals surface area contributed by atoms with Gasteiger partial charge >= 0.3 is 5.97 Å². The van der Waals surface area contributed by atoms with Gasteiger partial charge in [0.2, 0.25) is 10.0 Å². The fraction of sp³-hybridized carbons (Fsp3) is 0.800. The molecule has 0 aromatic carbocycles. The number of nitrogens with one attached hydrogen (secondary N) is 1. The average molecular weight is 262 g/mol. The Bertz CT molecular complexity index is 397. The number of carbonyl (C=O) groups is 1. The summed E-state index contributed by atoms with van der Waals surface area (Å²) in [5.74, 6) is -1.23. The third kappa shape index (κ3) is 5.15. The first-order chi connectivity index (χ1) is 7.74. The molecule has 2 N–H and O–H groups in total. The van der Waals surface area contributed by atoms with Crippen LogP contribution in [0.2, 0.25) is 0 Å². The monoisotopic (exact) mass is 262 g/mol. The van der Waals surface area contributed by atoms with E-state index in [1.807, 2.05) is 0 Å². The maximum Gasteiger partial charge on any atom is 0.304 e. The maximum atomic E-state index is 11.8. The van der Waals surface area contributed by atoms with Crippen molar-refractivity contribution in [1.29, 1.82) is 5.26 Å². The van der Waals surface area contributed by atoms with Gasteiger partial charge in [-0.2, -0.15) is 5.26 Å². The molecule has 0 aliphatic carbocycles. The molecule has 0 aliphatic rings. The van der Waals surface area contributed by atoms with Crippen LogP contribution in [0, 0.1) is 17.2 Å². The highest BCUT2D eigenvalue weighted by molar-refractivity contribution is 7.90. The molecule has 0 saturated heterocycles. The Hall–Kier alpha value is -1.13. The van der Waals surface area contributed by atoms with E-state index < -0.39 is 27.3 Å². The van der Waals surface area contributed by atoms with E-state index >= 15 is 0 Å². The lowest BCUT2D eigenvalue weighted by Crippen LogP contribution is -2.44. The second-order valence-corrected chi connectivity index (χ2v) is 6.03. The number of hydrogen-bond acceptors (Lipinski definition) is 4. The Morgan fingerprint density at radius 3 is 2.29 bits per heavy atom. The third-order valence-electron chi connectivity index (χ3n) is 2.40. The lowest BCUT2D eigenvalue weighted by molar-refractivity contribution is -0.137. The summed E-state index contributed by atoms with van der Waals surface area (Å²) in [5, 5.41) is 16.3. The van der Waals surface area contributed by atoms with Crippen LogP contribution >= 0.6 is 0 Å². The molecule has 0 bridgehead atoms. The van der Waals surface area contributed by atoms with Gasteiger partial charge in [-0.25, -0.2) is 13.1 Å². The van der Waals surface area contributed by atoms with Crippen molar-refractivity contribution in [3.05, 3.63) is 0 Å². The molecule has 0 heterocycles. The quantitative estimate of drug-likeness (QED) is 0.702. The number of sulfonamides is 1. The number of hydrogen-bond donors (Lipinski definition) is 2. The number of nitriles is 1. The lowest BCUT2D eigenvalue weighted by Gasteiger charge is -2.21. The van der Waals surface area contributed by atoms with Crippen molar-refractivity contribution in [2.45, 2.75) is 44.9 Å². The zero-order valence-electron chi connectivity index (χ0n) is 10.2. The molecule has 0 rings (SSSR count). The van der Waals surface area contributed by atoms with Crippen LogP contribution in [0.25, 0.3) is 0 Å². The molecule has 17 heavy (non-hydrogen) atoms. The lowest BCUT2D eigenvalue weighted by atomic mass is 10.0. The molecule has 0 saturated carbocycles. The molecule has 0 spiro atoms. The van der Waals surface area contributed by atoms with Crippen LogP contribution in [-0.4, -0.2) is 30.8 Å². The molecule has 0 amide bonds. The number of carboxylic acid groups (broad SMARTS) is 1. The van der Waals surface area contributed by atoms with E-state index in [0.29, 0.717) is 0 Å². The summed E-state index contributed by atoms with van der Waals surface area (Å²) >= 11 is 0. The first-order valence-electron chi connectivity index (χ1n) is 5.37. The summed E-state index contributed by atoms with van der Waals surface area (Å²) in [7, 11) is -3.79. The standard InChI is InChI=1S/C10H18N2O4S/c1-4-8(6-11)17(15,16)12-9(7(2)3)5-10(13)14/h7-9,12H,4-5H2,1-3H3,(H,13,14). The summed E-state index contributed by atoms with van der Waals surface area (Å²) in [4.78, 5) is 10.6. The van der Waals surface area contributed by atoms with Gasteiger partial charge in [0.15, 0.2) is 5.25 Å². The number of rotatable bonds is 7. The van der Waals surface area contributed by atoms with Crippen LogP contribution in [0.5, 0.6) is 0 Å². The number of carboxylic acids is 1. The smallest absolute Gasteiger partial charge is 0.304 e. The van der Waals surface area contributed by atoms with Crippen LogP contribution < -0.4 is 4.72 Å². The molecule has 0 radical (unpaired) electrons. The van der Waals surface area contributed by atoms with Crippen molar-refractivity contribution in [1.82, 2.24) is 4.72 Å². The van der Waals surface area contributed by atoms with E-state index in [4.69, 9.17) is 10.4 Å². The summed E-state index contributed by atoms with van der Waals surface area (Å²) < 4.78 is 25.8. The van der Waals surface area contributed by atoms with Gasteiger partial charge in [0.1, 0.15) is 0 Å². The van der Waals surface area contributed by atoms with E-state index in [1.54, 1.807) is 26.8 Å². The molecule has 0 fully saturated rings. The molecular formula is C10H18N2O4S. The highest BCUT2D eigenvalue weighted by Crippen LogP contribution is 2.11. The molecule has 2 unspecified atom stereocenters. The molecule has 6 nitrogen and oxygen atoms in total. The van der Waals surface area contributed by atoms with Crippen molar-refractivity contribution in [3.8, 4) is 6.07 Å². The largest absolute Gasteiger partial charge is 0.481 e. The van der Waals surface area contributed by atoms with Gasteiger partial charge in [-0.15, -0.1) is 0 Å². The van der Waals surface area contributed by atoms with Gasteiger partial charge < -0.3 is 5.11 Å². The SMILES string of the molecule is CCC(C#N)S(=O)(=O)NC(CC(=O)O)C(C)C. The average Bonchev–Trinajstić information content (AvgIpc) is 2.16. The Morgan fingerprint density at radius 1 is 1.47 bits per heavy atom. The second-order valence-electron chi connectivity index (χ2n) is 4.14. The molecule has 0 aromatic heterocycles. The van der Waals surface area contributed by atoms with Crippen molar-refractivity contribution < 1.29 is 18.3 Å². The maximum absolute atomic E-state index is 11.8. The van der Waals surface area contributed by atoms with Gasteiger partial charge in [0.05, 0.1) is 12.5 Å². The van der Waals surface area contributed by atoms with Crippen molar-refractivity contribution in [2.24, 2.45) is 5.92 Å². The number of nitrogens with zero attached hydrogens (tertiary/aromatic N) is 1. The van der Waals surface area contributed by atoms with Gasteiger partial charge in [-0.1, -0.05) is 20.8 Å². The Kier molecular flexibility index (Phi) is 6.13. The minimum absolute atomic E-state index is 0.155. The summed E-state index contributed by atoms with van der Waals surface area (Å²) in [6.45, 7) is 5.04. The predicted molar refractivity (Wildman–Crippen MR) is 62.6 cm³/mol.